The maximum Gasteiger partial charge on any atom is 0.407 e. The number of nitrogens with one attached hydrogen (secondary N) is 1. The van der Waals surface area contributed by atoms with Gasteiger partial charge in [0, 0.05) is 75.1 Å². The number of ether oxygens (including phenoxy) is 6. The number of rotatable bonds is 16. The van der Waals surface area contributed by atoms with Gasteiger partial charge in [0.25, 0.3) is 11.7 Å². The van der Waals surface area contributed by atoms with Crippen LogP contribution in [0.25, 0.3) is 33.4 Å². The number of carboxylic acid groups (broad SMARTS) is 1. The zero-order valence-corrected chi connectivity index (χ0v) is 64.1. The van der Waals surface area contributed by atoms with Crippen LogP contribution in [-0.2, 0) is 63.0 Å². The molecule has 100 heavy (non-hydrogen) atoms. The topological polar surface area (TPSA) is 282 Å². The average molecular weight is 1420 g/mol. The Morgan fingerprint density at radius 3 is 2.07 bits per heavy atom. The van der Waals surface area contributed by atoms with Crippen molar-refractivity contribution in [1.82, 2.24) is 10.2 Å². The number of nitrogens with zero attached hydrogens (tertiary/aromatic N) is 1. The number of hydrogen-bond acceptors (Lipinski definition) is 18. The summed E-state index contributed by atoms with van der Waals surface area (Å²) in [6, 6.07) is 12.4. The maximum atomic E-state index is 15.7. The summed E-state index contributed by atoms with van der Waals surface area (Å²) < 4.78 is 58.2. The van der Waals surface area contributed by atoms with Crippen LogP contribution in [0.1, 0.15) is 163 Å². The predicted molar refractivity (Wildman–Crippen MR) is 386 cm³/mol. The number of carbonyl (C=O) groups is 6. The van der Waals surface area contributed by atoms with Crippen LogP contribution in [0.5, 0.6) is 5.75 Å². The maximum absolute atomic E-state index is 15.7. The van der Waals surface area contributed by atoms with Gasteiger partial charge in [0.05, 0.1) is 54.8 Å². The third kappa shape index (κ3) is 18.0. The number of fused-ring (bicyclic) bond motifs is 5. The SMILES string of the molecule is COC1CC(C=C(C)C2OC(=O)C3CCCCN3C(=O)C(=O)C3(O)OC(C(OC)CC(C)CC(C)C=C(CCOC(=O)NCc4c(O)ccc5c(-c6ccccc6C(=O)O)c6ccc(=O)cc-6oc45)C(=O)CC(O[Si](C)(C)C(C)(C)C)C2C)C(OC)CC3C)CCC1O[Si](C)(C)C(C)(C)C. The Hall–Kier alpha value is -6.42. The van der Waals surface area contributed by atoms with Crippen molar-refractivity contribution in [3.8, 4) is 28.2 Å². The Morgan fingerprint density at radius 1 is 0.770 bits per heavy atom. The fourth-order valence-electron chi connectivity index (χ4n) is 14.5. The van der Waals surface area contributed by atoms with Crippen molar-refractivity contribution in [2.24, 2.45) is 29.6 Å². The van der Waals surface area contributed by atoms with Crippen LogP contribution in [0.3, 0.4) is 0 Å². The number of carbonyl (C=O) groups excluding carboxylic acids is 5. The highest BCUT2D eigenvalue weighted by Crippen LogP contribution is 2.47. The summed E-state index contributed by atoms with van der Waals surface area (Å²) in [7, 11) is -0.282. The first-order valence-electron chi connectivity index (χ1n) is 35.6. The van der Waals surface area contributed by atoms with Crippen molar-refractivity contribution in [1.29, 1.82) is 0 Å². The van der Waals surface area contributed by atoms with E-state index in [0.717, 1.165) is 12.8 Å². The van der Waals surface area contributed by atoms with E-state index >= 15 is 9.59 Å². The zero-order valence-electron chi connectivity index (χ0n) is 62.1. The molecule has 2 aliphatic carbocycles. The predicted octanol–water partition coefficient (Wildman–Crippen LogP) is 13.7. The molecule has 1 saturated carbocycles. The molecular formula is C77H110N2O19Si2. The average Bonchev–Trinajstić information content (AvgIpc) is 0.752. The third-order valence-corrected chi connectivity index (χ3v) is 31.3. The van der Waals surface area contributed by atoms with Gasteiger partial charge in [0.2, 0.25) is 5.79 Å². The molecule has 4 N–H and O–H groups in total. The number of carboxylic acids is 1. The molecule has 2 saturated heterocycles. The van der Waals surface area contributed by atoms with E-state index in [-0.39, 0.29) is 125 Å². The van der Waals surface area contributed by atoms with Gasteiger partial charge in [-0.15, -0.1) is 0 Å². The number of phenols is 1. The molecule has 14 atom stereocenters. The lowest BCUT2D eigenvalue weighted by atomic mass is 9.81. The Balaban J connectivity index is 1.17. The standard InChI is InChI=1S/C77H110N2O19Si2/c1-44-35-45(2)37-64(91-13)69-65(92-14)39-47(4)77(89,96-69)70(83)71(84)79-33-22-21-25-57(79)73(87)95-67(46(3)38-49-26-31-60(63(40-49)90-12)97-99(15,16)75(6,7)8)48(5)61(98-100(17,18)76(9,10)11)42-59(82)50(36-44)32-34-93-74(88)78-43-56-58(81)30-29-55-66(52-23-19-20-24-53(52)72(85)86)54-28-27-51(80)41-62(54)94-68(55)56/h19-20,23-24,27-30,36,38,41,44-45,47-49,57,60-61,63-65,67,69,81,89H,21-22,25-26,31-35,37,39-40,42-43H2,1-18H3,(H,78,88)(H,85,86). The summed E-state index contributed by atoms with van der Waals surface area (Å²) in [6.07, 6.45) is 2.50. The molecule has 2 bridgehead atoms. The summed E-state index contributed by atoms with van der Waals surface area (Å²) in [5.41, 5.74) is 2.12. The number of aromatic carboxylic acids is 1. The van der Waals surface area contributed by atoms with Crippen LogP contribution in [0.4, 0.5) is 4.79 Å². The van der Waals surface area contributed by atoms with E-state index in [1.54, 1.807) is 44.4 Å². The summed E-state index contributed by atoms with van der Waals surface area (Å²) in [4.78, 5) is 101. The van der Waals surface area contributed by atoms with E-state index < -0.39 is 101 Å². The molecule has 2 amide bonds. The fourth-order valence-corrected chi connectivity index (χ4v) is 17.3. The van der Waals surface area contributed by atoms with Crippen molar-refractivity contribution >= 4 is 63.1 Å². The minimum atomic E-state index is -2.81. The van der Waals surface area contributed by atoms with E-state index in [2.05, 4.69) is 79.1 Å². The van der Waals surface area contributed by atoms with Gasteiger partial charge in [-0.1, -0.05) is 99.6 Å². The largest absolute Gasteiger partial charge is 0.507 e. The molecule has 6 aliphatic rings. The van der Waals surface area contributed by atoms with E-state index in [4.69, 9.17) is 41.7 Å². The quantitative estimate of drug-likeness (QED) is 0.0267. The summed E-state index contributed by atoms with van der Waals surface area (Å²) in [5, 5.41) is 37.0. The minimum absolute atomic E-state index is 0.00631. The molecule has 3 fully saturated rings. The van der Waals surface area contributed by atoms with Crippen LogP contribution in [0, 0.1) is 29.6 Å². The number of hydrogen-bond donors (Lipinski definition) is 4. The Labute approximate surface area is 592 Å². The number of ketones is 2. The summed E-state index contributed by atoms with van der Waals surface area (Å²) in [6.45, 7) is 30.5. The number of alkyl carbamates (subject to hydrolysis) is 1. The van der Waals surface area contributed by atoms with E-state index in [1.807, 2.05) is 33.8 Å². The number of benzene rings is 3. The van der Waals surface area contributed by atoms with Crippen molar-refractivity contribution in [2.75, 3.05) is 34.5 Å². The molecule has 550 valence electrons. The second-order valence-electron chi connectivity index (χ2n) is 31.6. The molecule has 4 heterocycles. The number of phenolic OH excluding ortho intramolecular Hbond substituents is 1. The van der Waals surface area contributed by atoms with Gasteiger partial charge in [-0.3, -0.25) is 19.2 Å². The highest BCUT2D eigenvalue weighted by Gasteiger charge is 2.57. The first-order valence-corrected chi connectivity index (χ1v) is 41.4. The monoisotopic (exact) mass is 1420 g/mol. The molecule has 21 nitrogen and oxygen atoms in total. The number of allylic oxidation sites excluding steroid dienone is 2. The first-order chi connectivity index (χ1) is 46.8. The molecule has 0 radical (unpaired) electrons. The Bertz CT molecular complexity index is 3700. The van der Waals surface area contributed by atoms with Crippen LogP contribution < -0.4 is 10.7 Å². The van der Waals surface area contributed by atoms with Crippen LogP contribution in [-0.4, -0.2) is 161 Å². The first kappa shape index (κ1) is 79.3. The van der Waals surface area contributed by atoms with E-state index in [0.29, 0.717) is 65.3 Å². The lowest BCUT2D eigenvalue weighted by Crippen LogP contribution is -2.64. The number of cyclic esters (lactones) is 1. The van der Waals surface area contributed by atoms with E-state index in [1.165, 1.54) is 43.4 Å². The van der Waals surface area contributed by atoms with Gasteiger partial charge < -0.3 is 67.2 Å². The van der Waals surface area contributed by atoms with Gasteiger partial charge in [-0.25, -0.2) is 14.4 Å². The van der Waals surface area contributed by atoms with Crippen molar-refractivity contribution in [3.05, 3.63) is 99.2 Å². The Morgan fingerprint density at radius 2 is 1.42 bits per heavy atom. The van der Waals surface area contributed by atoms with Crippen LogP contribution in [0.2, 0.25) is 36.3 Å². The second kappa shape index (κ2) is 32.5. The zero-order chi connectivity index (χ0) is 73.7. The molecular weight excluding hydrogens is 1310 g/mol. The summed E-state index contributed by atoms with van der Waals surface area (Å²) >= 11 is 0. The van der Waals surface area contributed by atoms with Gasteiger partial charge in [-0.2, -0.15) is 0 Å². The molecule has 0 spiro atoms. The molecule has 0 aromatic heterocycles. The van der Waals surface area contributed by atoms with Gasteiger partial charge in [-0.05, 0) is 166 Å². The fraction of sp³-hybridized carbons (Fsp3) is 0.623. The number of amides is 2. The van der Waals surface area contributed by atoms with Crippen molar-refractivity contribution < 1.29 is 85.8 Å². The van der Waals surface area contributed by atoms with Crippen molar-refractivity contribution in [2.45, 2.75) is 244 Å². The highest BCUT2D eigenvalue weighted by atomic mass is 28.4. The van der Waals surface area contributed by atoms with Crippen molar-refractivity contribution in [3.63, 3.8) is 0 Å². The second-order valence-corrected chi connectivity index (χ2v) is 41.2. The van der Waals surface area contributed by atoms with Gasteiger partial charge >= 0.3 is 18.0 Å². The highest BCUT2D eigenvalue weighted by molar-refractivity contribution is 6.74. The van der Waals surface area contributed by atoms with Gasteiger partial charge in [0.15, 0.2) is 27.8 Å². The molecule has 14 unspecified atom stereocenters. The molecule has 2 aromatic carbocycles. The molecule has 23 heteroatoms. The third-order valence-electron chi connectivity index (χ3n) is 22.3. The lowest BCUT2D eigenvalue weighted by molar-refractivity contribution is -0.302. The van der Waals surface area contributed by atoms with E-state index in [9.17, 15) is 39.3 Å². The normalized spacial score (nSPS) is 28.6. The number of Topliss-reactive ketones (excluding diaryl/α,β-unsaturated/α-hetero) is 2. The molecule has 2 aromatic rings. The summed E-state index contributed by atoms with van der Waals surface area (Å²) in [5.74, 6) is -9.33. The van der Waals surface area contributed by atoms with Crippen LogP contribution in [0.15, 0.2) is 87.1 Å². The number of aliphatic hydroxyl groups is 1. The van der Waals surface area contributed by atoms with Gasteiger partial charge in [0.1, 0.15) is 35.3 Å². The smallest absolute Gasteiger partial charge is 0.407 e. The minimum Gasteiger partial charge on any atom is -0.507 e. The number of aromatic hydroxyl groups is 1. The lowest BCUT2D eigenvalue weighted by Gasteiger charge is -2.47. The number of esters is 1. The molecule has 8 rings (SSSR count). The van der Waals surface area contributed by atoms with Crippen LogP contribution >= 0.6 is 0 Å². The Kier molecular flexibility index (Phi) is 25.8. The number of methoxy groups -OCH3 is 3. The number of piperidine rings is 1. The molecule has 4 aliphatic heterocycles.